The van der Waals surface area contributed by atoms with Gasteiger partial charge in [-0.2, -0.15) is 0 Å². The fourth-order valence-electron chi connectivity index (χ4n) is 2.72. The maximum Gasteiger partial charge on any atom is 0.240 e. The van der Waals surface area contributed by atoms with Crippen molar-refractivity contribution in [2.24, 2.45) is 11.1 Å². The van der Waals surface area contributed by atoms with Crippen molar-refractivity contribution in [1.29, 1.82) is 0 Å². The van der Waals surface area contributed by atoms with Crippen LogP contribution in [-0.2, 0) is 16.6 Å². The molecule has 0 aliphatic heterocycles. The second-order valence-corrected chi connectivity index (χ2v) is 8.23. The molecule has 0 saturated heterocycles. The zero-order valence-corrected chi connectivity index (χ0v) is 13.7. The molecule has 0 radical (unpaired) electrons. The third-order valence-electron chi connectivity index (χ3n) is 4.16. The van der Waals surface area contributed by atoms with Crippen LogP contribution in [-0.4, -0.2) is 14.5 Å². The molecule has 3 N–H and O–H groups in total. The summed E-state index contributed by atoms with van der Waals surface area (Å²) in [5.41, 5.74) is 5.65. The van der Waals surface area contributed by atoms with Crippen molar-refractivity contribution in [3.63, 3.8) is 0 Å². The van der Waals surface area contributed by atoms with Crippen molar-refractivity contribution in [3.8, 4) is 0 Å². The van der Waals surface area contributed by atoms with Crippen molar-refractivity contribution < 1.29 is 12.8 Å². The van der Waals surface area contributed by atoms with Gasteiger partial charge in [-0.1, -0.05) is 31.9 Å². The molecule has 1 aromatic carbocycles. The molecule has 0 heterocycles. The van der Waals surface area contributed by atoms with Crippen LogP contribution in [0, 0.1) is 11.2 Å². The molecule has 2 rings (SSSR count). The SMILES string of the molecule is CC1(C)CCCC1NS(=O)(=O)c1cc(F)c(Cl)c(CN)c1. The lowest BCUT2D eigenvalue weighted by molar-refractivity contribution is 0.313. The Morgan fingerprint density at radius 1 is 1.48 bits per heavy atom. The molecule has 21 heavy (non-hydrogen) atoms. The molecule has 1 aromatic rings. The van der Waals surface area contributed by atoms with Crippen LogP contribution < -0.4 is 10.5 Å². The van der Waals surface area contributed by atoms with Crippen molar-refractivity contribution in [1.82, 2.24) is 4.72 Å². The van der Waals surface area contributed by atoms with Crippen LogP contribution in [0.1, 0.15) is 38.7 Å². The Hall–Kier alpha value is -0.690. The Morgan fingerprint density at radius 2 is 2.14 bits per heavy atom. The van der Waals surface area contributed by atoms with Crippen LogP contribution >= 0.6 is 11.6 Å². The lowest BCUT2D eigenvalue weighted by atomic mass is 9.88. The van der Waals surface area contributed by atoms with Gasteiger partial charge >= 0.3 is 0 Å². The van der Waals surface area contributed by atoms with Gasteiger partial charge < -0.3 is 5.73 Å². The van der Waals surface area contributed by atoms with Crippen molar-refractivity contribution in [2.75, 3.05) is 0 Å². The molecule has 0 bridgehead atoms. The number of sulfonamides is 1. The molecule has 118 valence electrons. The number of rotatable bonds is 4. The predicted molar refractivity (Wildman–Crippen MR) is 81.0 cm³/mol. The third kappa shape index (κ3) is 3.39. The summed E-state index contributed by atoms with van der Waals surface area (Å²) in [6.45, 7) is 4.04. The highest BCUT2D eigenvalue weighted by molar-refractivity contribution is 7.89. The molecule has 0 aromatic heterocycles. The summed E-state index contributed by atoms with van der Waals surface area (Å²) in [4.78, 5) is -0.132. The van der Waals surface area contributed by atoms with Gasteiger partial charge in [-0.3, -0.25) is 0 Å². The number of nitrogens with two attached hydrogens (primary N) is 1. The van der Waals surface area contributed by atoms with E-state index in [1.54, 1.807) is 0 Å². The average molecular weight is 335 g/mol. The predicted octanol–water partition coefficient (Wildman–Crippen LogP) is 2.79. The van der Waals surface area contributed by atoms with E-state index in [4.69, 9.17) is 17.3 Å². The standard InChI is InChI=1S/C14H20ClFN2O2S/c1-14(2)5-3-4-12(14)18-21(19,20)10-6-9(8-17)13(15)11(16)7-10/h6-7,12,18H,3-5,8,17H2,1-2H3. The number of hydrogen-bond donors (Lipinski definition) is 2. The lowest BCUT2D eigenvalue weighted by Gasteiger charge is -2.27. The van der Waals surface area contributed by atoms with Crippen molar-refractivity contribution >= 4 is 21.6 Å². The molecular weight excluding hydrogens is 315 g/mol. The summed E-state index contributed by atoms with van der Waals surface area (Å²) >= 11 is 5.76. The largest absolute Gasteiger partial charge is 0.326 e. The van der Waals surface area contributed by atoms with Crippen LogP contribution in [0.25, 0.3) is 0 Å². The van der Waals surface area contributed by atoms with Crippen molar-refractivity contribution in [3.05, 3.63) is 28.5 Å². The Morgan fingerprint density at radius 3 is 2.67 bits per heavy atom. The minimum atomic E-state index is -3.79. The molecule has 0 amide bonds. The number of nitrogens with one attached hydrogen (secondary N) is 1. The van der Waals surface area contributed by atoms with Crippen molar-refractivity contribution in [2.45, 2.75) is 50.6 Å². The summed E-state index contributed by atoms with van der Waals surface area (Å²) in [7, 11) is -3.79. The molecule has 1 fully saturated rings. The zero-order chi connectivity index (χ0) is 15.8. The summed E-state index contributed by atoms with van der Waals surface area (Å²) < 4.78 is 41.3. The molecule has 1 unspecified atom stereocenters. The fraction of sp³-hybridized carbons (Fsp3) is 0.571. The first-order chi connectivity index (χ1) is 9.67. The molecule has 1 aliphatic rings. The summed E-state index contributed by atoms with van der Waals surface area (Å²) in [5.74, 6) is -0.773. The Bertz CT molecular complexity index is 647. The fourth-order valence-corrected chi connectivity index (χ4v) is 4.41. The van der Waals surface area contributed by atoms with Gasteiger partial charge in [-0.15, -0.1) is 0 Å². The first-order valence-electron chi connectivity index (χ1n) is 6.88. The average Bonchev–Trinajstić information content (AvgIpc) is 2.71. The maximum atomic E-state index is 13.7. The van der Waals surface area contributed by atoms with E-state index in [1.807, 2.05) is 13.8 Å². The van der Waals surface area contributed by atoms with Crippen LogP contribution in [0.15, 0.2) is 17.0 Å². The lowest BCUT2D eigenvalue weighted by Crippen LogP contribution is -2.41. The third-order valence-corrected chi connectivity index (χ3v) is 6.04. The first-order valence-corrected chi connectivity index (χ1v) is 8.74. The highest BCUT2D eigenvalue weighted by Gasteiger charge is 2.37. The molecule has 7 heteroatoms. The molecule has 1 atom stereocenters. The minimum Gasteiger partial charge on any atom is -0.326 e. The van der Waals surface area contributed by atoms with Gasteiger partial charge in [-0.05, 0) is 36.0 Å². The van der Waals surface area contributed by atoms with Gasteiger partial charge in [0.05, 0.1) is 9.92 Å². The molecular formula is C14H20ClFN2O2S. The minimum absolute atomic E-state index is 0.0198. The van der Waals surface area contributed by atoms with Gasteiger partial charge in [0.15, 0.2) is 0 Å². The van der Waals surface area contributed by atoms with E-state index >= 15 is 0 Å². The molecule has 1 saturated carbocycles. The Balaban J connectivity index is 2.34. The smallest absolute Gasteiger partial charge is 0.240 e. The van der Waals surface area contributed by atoms with E-state index in [0.717, 1.165) is 25.3 Å². The van der Waals surface area contributed by atoms with E-state index in [-0.39, 0.29) is 33.5 Å². The van der Waals surface area contributed by atoms with Gasteiger partial charge in [-0.25, -0.2) is 17.5 Å². The number of halogens is 2. The second-order valence-electron chi connectivity index (χ2n) is 6.14. The van der Waals surface area contributed by atoms with Gasteiger partial charge in [0, 0.05) is 12.6 Å². The van der Waals surface area contributed by atoms with Crippen LogP contribution in [0.3, 0.4) is 0 Å². The molecule has 1 aliphatic carbocycles. The Kier molecular flexibility index (Phi) is 4.63. The number of benzene rings is 1. The first kappa shape index (κ1) is 16.7. The normalized spacial score (nSPS) is 21.7. The van der Waals surface area contributed by atoms with E-state index in [1.165, 1.54) is 6.07 Å². The molecule has 0 spiro atoms. The van der Waals surface area contributed by atoms with E-state index in [9.17, 15) is 12.8 Å². The molecule has 4 nitrogen and oxygen atoms in total. The zero-order valence-electron chi connectivity index (χ0n) is 12.1. The highest BCUT2D eigenvalue weighted by atomic mass is 35.5. The highest BCUT2D eigenvalue weighted by Crippen LogP contribution is 2.38. The second kappa shape index (κ2) is 5.83. The van der Waals surface area contributed by atoms with E-state index in [0.29, 0.717) is 0 Å². The van der Waals surface area contributed by atoms with Gasteiger partial charge in [0.25, 0.3) is 0 Å². The van der Waals surface area contributed by atoms with Crippen LogP contribution in [0.5, 0.6) is 0 Å². The number of hydrogen-bond acceptors (Lipinski definition) is 3. The van der Waals surface area contributed by atoms with Crippen LogP contribution in [0.2, 0.25) is 5.02 Å². The summed E-state index contributed by atoms with van der Waals surface area (Å²) in [6, 6.07) is 2.11. The van der Waals surface area contributed by atoms with E-state index < -0.39 is 15.8 Å². The maximum absolute atomic E-state index is 13.7. The summed E-state index contributed by atoms with van der Waals surface area (Å²) in [5, 5.41) is -0.127. The summed E-state index contributed by atoms with van der Waals surface area (Å²) in [6.07, 6.45) is 2.72. The van der Waals surface area contributed by atoms with E-state index in [2.05, 4.69) is 4.72 Å². The monoisotopic (exact) mass is 334 g/mol. The topological polar surface area (TPSA) is 72.2 Å². The quantitative estimate of drug-likeness (QED) is 0.889. The Labute approximate surface area is 129 Å². The van der Waals surface area contributed by atoms with Crippen LogP contribution in [0.4, 0.5) is 4.39 Å². The van der Waals surface area contributed by atoms with Gasteiger partial charge in [0.2, 0.25) is 10.0 Å². The van der Waals surface area contributed by atoms with Gasteiger partial charge in [0.1, 0.15) is 5.82 Å².